The normalized spacial score (nSPS) is 13.1. The molecule has 3 heteroatoms. The summed E-state index contributed by atoms with van der Waals surface area (Å²) in [5.41, 5.74) is 0. The second-order valence-corrected chi connectivity index (χ2v) is 5.50. The van der Waals surface area contributed by atoms with Crippen LogP contribution in [0.4, 0.5) is 0 Å². The lowest BCUT2D eigenvalue weighted by Crippen LogP contribution is -2.17. The fourth-order valence-electron chi connectivity index (χ4n) is 1.41. The highest BCUT2D eigenvalue weighted by Gasteiger charge is 2.07. The minimum Gasteiger partial charge on any atom is -0.317 e. The Morgan fingerprint density at radius 2 is 2.36 bits per heavy atom. The van der Waals surface area contributed by atoms with Gasteiger partial charge >= 0.3 is 0 Å². The lowest BCUT2D eigenvalue weighted by atomic mass is 10.0. The first-order chi connectivity index (χ1) is 6.74. The molecule has 0 saturated carbocycles. The number of nitrogens with one attached hydrogen (secondary N) is 1. The highest BCUT2D eigenvalue weighted by atomic mass is 79.9. The van der Waals surface area contributed by atoms with Gasteiger partial charge in [0.15, 0.2) is 0 Å². The second-order valence-electron chi connectivity index (χ2n) is 3.64. The van der Waals surface area contributed by atoms with Gasteiger partial charge < -0.3 is 5.32 Å². The summed E-state index contributed by atoms with van der Waals surface area (Å²) in [7, 11) is 0. The van der Waals surface area contributed by atoms with E-state index in [9.17, 15) is 0 Å². The molecule has 0 bridgehead atoms. The summed E-state index contributed by atoms with van der Waals surface area (Å²) in [6.45, 7) is 6.69. The van der Waals surface area contributed by atoms with E-state index in [0.29, 0.717) is 0 Å². The summed E-state index contributed by atoms with van der Waals surface area (Å²) in [6, 6.07) is 2.14. The van der Waals surface area contributed by atoms with Crippen molar-refractivity contribution in [1.82, 2.24) is 5.32 Å². The van der Waals surface area contributed by atoms with Gasteiger partial charge in [-0.15, -0.1) is 11.3 Å². The minimum absolute atomic E-state index is 0.768. The van der Waals surface area contributed by atoms with Crippen molar-refractivity contribution in [2.45, 2.75) is 26.7 Å². The van der Waals surface area contributed by atoms with E-state index in [0.717, 1.165) is 19.0 Å². The molecule has 0 aliphatic heterocycles. The molecule has 1 aromatic rings. The smallest absolute Gasteiger partial charge is 0.0314 e. The van der Waals surface area contributed by atoms with Gasteiger partial charge in [0.05, 0.1) is 0 Å². The van der Waals surface area contributed by atoms with E-state index >= 15 is 0 Å². The van der Waals surface area contributed by atoms with Crippen molar-refractivity contribution in [3.8, 4) is 0 Å². The number of hydrogen-bond donors (Lipinski definition) is 1. The molecule has 1 nitrogen and oxygen atoms in total. The van der Waals surface area contributed by atoms with Gasteiger partial charge in [-0.3, -0.25) is 0 Å². The highest BCUT2D eigenvalue weighted by molar-refractivity contribution is 9.10. The quantitative estimate of drug-likeness (QED) is 0.781. The maximum absolute atomic E-state index is 3.57. The van der Waals surface area contributed by atoms with Gasteiger partial charge in [0.2, 0.25) is 0 Å². The van der Waals surface area contributed by atoms with Gasteiger partial charge in [0, 0.05) is 9.35 Å². The lowest BCUT2D eigenvalue weighted by molar-refractivity contribution is 0.507. The van der Waals surface area contributed by atoms with Crippen molar-refractivity contribution in [3.63, 3.8) is 0 Å². The summed E-state index contributed by atoms with van der Waals surface area (Å²) in [4.78, 5) is 1.48. The van der Waals surface area contributed by atoms with E-state index in [1.165, 1.54) is 22.2 Å². The van der Waals surface area contributed by atoms with Crippen LogP contribution in [0.15, 0.2) is 15.9 Å². The zero-order valence-corrected chi connectivity index (χ0v) is 11.2. The topological polar surface area (TPSA) is 12.0 Å². The molecule has 0 radical (unpaired) electrons. The van der Waals surface area contributed by atoms with Crippen molar-refractivity contribution >= 4 is 27.3 Å². The fourth-order valence-corrected chi connectivity index (χ4v) is 3.09. The van der Waals surface area contributed by atoms with Crippen LogP contribution in [-0.4, -0.2) is 13.1 Å². The molecular weight excluding hydrogens is 258 g/mol. The number of thiophene rings is 1. The molecule has 0 aromatic carbocycles. The standard InChI is InChI=1S/C11H18BrNS/c1-3-13-6-4-9(2)8-11-10(12)5-7-14-11/h5,7,9,13H,3-4,6,8H2,1-2H3. The van der Waals surface area contributed by atoms with E-state index in [2.05, 4.69) is 46.5 Å². The van der Waals surface area contributed by atoms with Crippen LogP contribution in [0.5, 0.6) is 0 Å². The maximum atomic E-state index is 3.57. The van der Waals surface area contributed by atoms with Crippen molar-refractivity contribution in [1.29, 1.82) is 0 Å². The molecule has 80 valence electrons. The Labute approximate surface area is 99.0 Å². The molecule has 1 unspecified atom stereocenters. The Hall–Kier alpha value is 0.140. The lowest BCUT2D eigenvalue weighted by Gasteiger charge is -2.10. The van der Waals surface area contributed by atoms with Crippen molar-refractivity contribution in [2.24, 2.45) is 5.92 Å². The van der Waals surface area contributed by atoms with Crippen LogP contribution in [0.3, 0.4) is 0 Å². The average molecular weight is 276 g/mol. The monoisotopic (exact) mass is 275 g/mol. The Morgan fingerprint density at radius 3 is 2.93 bits per heavy atom. The molecule has 0 fully saturated rings. The number of hydrogen-bond acceptors (Lipinski definition) is 2. The number of rotatable bonds is 6. The van der Waals surface area contributed by atoms with E-state index in [1.807, 2.05) is 11.3 Å². The second kappa shape index (κ2) is 6.59. The van der Waals surface area contributed by atoms with E-state index in [-0.39, 0.29) is 0 Å². The predicted octanol–water partition coefficient (Wildman–Crippen LogP) is 3.69. The SMILES string of the molecule is CCNCCC(C)Cc1sccc1Br. The average Bonchev–Trinajstić information content (AvgIpc) is 2.52. The molecule has 1 aromatic heterocycles. The third-order valence-corrected chi connectivity index (χ3v) is 4.24. The first kappa shape index (κ1) is 12.2. The molecule has 0 amide bonds. The van der Waals surface area contributed by atoms with Crippen LogP contribution >= 0.6 is 27.3 Å². The minimum atomic E-state index is 0.768. The third-order valence-electron chi connectivity index (χ3n) is 2.29. The van der Waals surface area contributed by atoms with Gasteiger partial charge in [-0.1, -0.05) is 13.8 Å². The molecular formula is C11H18BrNS. The molecule has 0 spiro atoms. The van der Waals surface area contributed by atoms with Crippen LogP contribution in [0.2, 0.25) is 0 Å². The Balaban J connectivity index is 2.27. The fraction of sp³-hybridized carbons (Fsp3) is 0.636. The largest absolute Gasteiger partial charge is 0.317 e. The summed E-state index contributed by atoms with van der Waals surface area (Å²) >= 11 is 5.42. The Kier molecular flexibility index (Phi) is 5.75. The van der Waals surface area contributed by atoms with Gasteiger partial charge in [-0.2, -0.15) is 0 Å². The molecule has 1 N–H and O–H groups in total. The molecule has 0 saturated heterocycles. The molecule has 0 aliphatic rings. The molecule has 0 aliphatic carbocycles. The first-order valence-corrected chi connectivity index (χ1v) is 6.84. The summed E-state index contributed by atoms with van der Waals surface area (Å²) in [5.74, 6) is 0.768. The Morgan fingerprint density at radius 1 is 1.57 bits per heavy atom. The van der Waals surface area contributed by atoms with E-state index in [1.54, 1.807) is 0 Å². The van der Waals surface area contributed by atoms with Crippen molar-refractivity contribution in [3.05, 3.63) is 20.8 Å². The Bertz CT molecular complexity index is 260. The van der Waals surface area contributed by atoms with Crippen molar-refractivity contribution < 1.29 is 0 Å². The first-order valence-electron chi connectivity index (χ1n) is 5.16. The van der Waals surface area contributed by atoms with Gasteiger partial charge in [-0.05, 0) is 59.2 Å². The zero-order valence-electron chi connectivity index (χ0n) is 8.85. The van der Waals surface area contributed by atoms with Crippen LogP contribution in [-0.2, 0) is 6.42 Å². The third kappa shape index (κ3) is 4.11. The summed E-state index contributed by atoms with van der Waals surface area (Å²) < 4.78 is 1.28. The van der Waals surface area contributed by atoms with Gasteiger partial charge in [0.25, 0.3) is 0 Å². The van der Waals surface area contributed by atoms with E-state index < -0.39 is 0 Å². The zero-order chi connectivity index (χ0) is 10.4. The van der Waals surface area contributed by atoms with Crippen molar-refractivity contribution in [2.75, 3.05) is 13.1 Å². The maximum Gasteiger partial charge on any atom is 0.0314 e. The van der Waals surface area contributed by atoms with Crippen LogP contribution in [0, 0.1) is 5.92 Å². The van der Waals surface area contributed by atoms with Gasteiger partial charge in [0.1, 0.15) is 0 Å². The summed E-state index contributed by atoms with van der Waals surface area (Å²) in [5, 5.41) is 5.51. The van der Waals surface area contributed by atoms with E-state index in [4.69, 9.17) is 0 Å². The van der Waals surface area contributed by atoms with Crippen LogP contribution in [0.1, 0.15) is 25.1 Å². The predicted molar refractivity (Wildman–Crippen MR) is 68.0 cm³/mol. The molecule has 1 atom stereocenters. The highest BCUT2D eigenvalue weighted by Crippen LogP contribution is 2.26. The molecule has 1 heterocycles. The molecule has 14 heavy (non-hydrogen) atoms. The summed E-state index contributed by atoms with van der Waals surface area (Å²) in [6.07, 6.45) is 2.46. The van der Waals surface area contributed by atoms with Gasteiger partial charge in [-0.25, -0.2) is 0 Å². The van der Waals surface area contributed by atoms with Crippen LogP contribution in [0.25, 0.3) is 0 Å². The molecule has 1 rings (SSSR count). The number of halogens is 1. The van der Waals surface area contributed by atoms with Crippen LogP contribution < -0.4 is 5.32 Å².